The number of aromatic nitrogens is 1. The van der Waals surface area contributed by atoms with E-state index in [0.29, 0.717) is 0 Å². The largest absolute Gasteiger partial charge is 0.349 e. The maximum Gasteiger partial charge on any atom is 0.0492 e. The number of hydrogen-bond acceptors (Lipinski definition) is 1. The van der Waals surface area contributed by atoms with Gasteiger partial charge in [0.25, 0.3) is 0 Å². The number of nitrogens with zero attached hydrogens (tertiary/aromatic N) is 1. The van der Waals surface area contributed by atoms with Crippen LogP contribution in [0.5, 0.6) is 0 Å². The molecule has 1 heterocycles. The van der Waals surface area contributed by atoms with Crippen LogP contribution in [0.3, 0.4) is 0 Å². The first-order chi connectivity index (χ1) is 8.12. The first-order valence-electron chi connectivity index (χ1n) is 6.15. The van der Waals surface area contributed by atoms with Gasteiger partial charge in [0.1, 0.15) is 0 Å². The van der Waals surface area contributed by atoms with Crippen molar-refractivity contribution < 1.29 is 0 Å². The fourth-order valence-corrected chi connectivity index (χ4v) is 3.80. The molecule has 1 fully saturated rings. The van der Waals surface area contributed by atoms with Gasteiger partial charge in [0.15, 0.2) is 0 Å². The molecule has 2 aromatic rings. The van der Waals surface area contributed by atoms with E-state index in [1.165, 1.54) is 29.3 Å². The third-order valence-electron chi connectivity index (χ3n) is 4.00. The van der Waals surface area contributed by atoms with Gasteiger partial charge in [-0.25, -0.2) is 0 Å². The van der Waals surface area contributed by atoms with Crippen molar-refractivity contribution in [3.63, 3.8) is 0 Å². The zero-order valence-electron chi connectivity index (χ0n) is 10.0. The van der Waals surface area contributed by atoms with Crippen LogP contribution in [0.2, 0.25) is 0 Å². The van der Waals surface area contributed by atoms with E-state index in [9.17, 15) is 0 Å². The molecular formula is C14H17BrN2. The molecule has 3 rings (SSSR count). The fraction of sp³-hybridized carbons (Fsp3) is 0.429. The second kappa shape index (κ2) is 3.85. The fourth-order valence-electron chi connectivity index (χ4n) is 3.08. The van der Waals surface area contributed by atoms with Crippen molar-refractivity contribution in [1.82, 2.24) is 4.57 Å². The lowest BCUT2D eigenvalue weighted by atomic mass is 9.87. The minimum atomic E-state index is -0.122. The van der Waals surface area contributed by atoms with Crippen molar-refractivity contribution in [3.8, 4) is 0 Å². The third kappa shape index (κ3) is 1.64. The molecule has 0 saturated heterocycles. The number of aryl methyl sites for hydroxylation is 1. The lowest BCUT2D eigenvalue weighted by Crippen LogP contribution is -2.33. The minimum Gasteiger partial charge on any atom is -0.349 e. The Bertz CT molecular complexity index is 565. The Morgan fingerprint density at radius 1 is 1.29 bits per heavy atom. The molecule has 1 aliphatic carbocycles. The van der Waals surface area contributed by atoms with Gasteiger partial charge in [0.05, 0.1) is 0 Å². The van der Waals surface area contributed by atoms with Crippen molar-refractivity contribution in [1.29, 1.82) is 0 Å². The number of fused-ring (bicyclic) bond motifs is 1. The van der Waals surface area contributed by atoms with E-state index in [0.717, 1.165) is 17.3 Å². The first kappa shape index (κ1) is 11.3. The van der Waals surface area contributed by atoms with Crippen LogP contribution >= 0.6 is 15.9 Å². The van der Waals surface area contributed by atoms with Crippen LogP contribution in [0.25, 0.3) is 10.9 Å². The summed E-state index contributed by atoms with van der Waals surface area (Å²) in [4.78, 5) is 0. The van der Waals surface area contributed by atoms with Crippen molar-refractivity contribution >= 4 is 26.8 Å². The van der Waals surface area contributed by atoms with Crippen LogP contribution in [0.1, 0.15) is 31.2 Å². The van der Waals surface area contributed by atoms with E-state index < -0.39 is 0 Å². The molecular weight excluding hydrogens is 276 g/mol. The Labute approximate surface area is 110 Å². The SMILES string of the molecule is Cn1cc(Br)c2c(C3(N)CCCC3)cccc21. The highest BCUT2D eigenvalue weighted by Crippen LogP contribution is 2.41. The molecule has 1 saturated carbocycles. The molecule has 1 aromatic heterocycles. The molecule has 0 atom stereocenters. The summed E-state index contributed by atoms with van der Waals surface area (Å²) >= 11 is 3.66. The monoisotopic (exact) mass is 292 g/mol. The zero-order chi connectivity index (χ0) is 12.0. The lowest BCUT2D eigenvalue weighted by Gasteiger charge is -2.25. The average Bonchev–Trinajstić information content (AvgIpc) is 2.86. The van der Waals surface area contributed by atoms with Gasteiger partial charge in [0.2, 0.25) is 0 Å². The Kier molecular flexibility index (Phi) is 2.56. The highest BCUT2D eigenvalue weighted by atomic mass is 79.9. The molecule has 0 bridgehead atoms. The third-order valence-corrected chi connectivity index (χ3v) is 4.60. The number of benzene rings is 1. The molecule has 3 heteroatoms. The summed E-state index contributed by atoms with van der Waals surface area (Å²) in [5.41, 5.74) is 9.03. The summed E-state index contributed by atoms with van der Waals surface area (Å²) in [6.45, 7) is 0. The quantitative estimate of drug-likeness (QED) is 0.854. The van der Waals surface area contributed by atoms with Crippen LogP contribution < -0.4 is 5.73 Å². The van der Waals surface area contributed by atoms with Crippen LogP contribution in [0.15, 0.2) is 28.9 Å². The molecule has 0 radical (unpaired) electrons. The van der Waals surface area contributed by atoms with E-state index in [2.05, 4.69) is 51.9 Å². The highest BCUT2D eigenvalue weighted by molar-refractivity contribution is 9.10. The normalized spacial score (nSPS) is 19.0. The van der Waals surface area contributed by atoms with Gasteiger partial charge in [-0.3, -0.25) is 0 Å². The Morgan fingerprint density at radius 2 is 2.00 bits per heavy atom. The summed E-state index contributed by atoms with van der Waals surface area (Å²) in [5.74, 6) is 0. The molecule has 2 nitrogen and oxygen atoms in total. The van der Waals surface area contributed by atoms with Gasteiger partial charge in [0, 0.05) is 34.2 Å². The molecule has 90 valence electrons. The van der Waals surface area contributed by atoms with Crippen molar-refractivity contribution in [2.45, 2.75) is 31.2 Å². The molecule has 0 aliphatic heterocycles. The second-order valence-electron chi connectivity index (χ2n) is 5.15. The maximum atomic E-state index is 6.59. The standard InChI is InChI=1S/C14H17BrN2/c1-17-9-11(15)13-10(5-4-6-12(13)17)14(16)7-2-3-8-14/h4-6,9H,2-3,7-8,16H2,1H3. The molecule has 0 spiro atoms. The molecule has 0 unspecified atom stereocenters. The Morgan fingerprint density at radius 3 is 2.71 bits per heavy atom. The lowest BCUT2D eigenvalue weighted by molar-refractivity contribution is 0.466. The van der Waals surface area contributed by atoms with E-state index in [4.69, 9.17) is 5.73 Å². The molecule has 0 amide bonds. The average molecular weight is 293 g/mol. The maximum absolute atomic E-state index is 6.59. The minimum absolute atomic E-state index is 0.122. The topological polar surface area (TPSA) is 30.9 Å². The molecule has 17 heavy (non-hydrogen) atoms. The summed E-state index contributed by atoms with van der Waals surface area (Å²) in [7, 11) is 2.08. The van der Waals surface area contributed by atoms with E-state index in [1.54, 1.807) is 0 Å². The Hall–Kier alpha value is -0.800. The van der Waals surface area contributed by atoms with Crippen LogP contribution in [0, 0.1) is 0 Å². The van der Waals surface area contributed by atoms with Crippen LogP contribution in [0.4, 0.5) is 0 Å². The van der Waals surface area contributed by atoms with Gasteiger partial charge < -0.3 is 10.3 Å². The van der Waals surface area contributed by atoms with Crippen LogP contribution in [-0.4, -0.2) is 4.57 Å². The van der Waals surface area contributed by atoms with Crippen molar-refractivity contribution in [3.05, 3.63) is 34.4 Å². The molecule has 1 aromatic carbocycles. The second-order valence-corrected chi connectivity index (χ2v) is 6.01. The first-order valence-corrected chi connectivity index (χ1v) is 6.94. The number of rotatable bonds is 1. The number of halogens is 1. The predicted octanol–water partition coefficient (Wildman–Crippen LogP) is 3.67. The van der Waals surface area contributed by atoms with Crippen molar-refractivity contribution in [2.24, 2.45) is 12.8 Å². The van der Waals surface area contributed by atoms with Gasteiger partial charge in [-0.05, 0) is 40.4 Å². The predicted molar refractivity (Wildman–Crippen MR) is 75.0 cm³/mol. The molecule has 2 N–H and O–H groups in total. The number of nitrogens with two attached hydrogens (primary N) is 1. The van der Waals surface area contributed by atoms with Gasteiger partial charge in [-0.2, -0.15) is 0 Å². The van der Waals surface area contributed by atoms with Gasteiger partial charge in [-0.15, -0.1) is 0 Å². The van der Waals surface area contributed by atoms with E-state index in [-0.39, 0.29) is 5.54 Å². The number of hydrogen-bond donors (Lipinski definition) is 1. The van der Waals surface area contributed by atoms with Gasteiger partial charge >= 0.3 is 0 Å². The van der Waals surface area contributed by atoms with E-state index in [1.807, 2.05) is 0 Å². The van der Waals surface area contributed by atoms with Crippen molar-refractivity contribution in [2.75, 3.05) is 0 Å². The molecule has 1 aliphatic rings. The summed E-state index contributed by atoms with van der Waals surface area (Å²) in [6.07, 6.45) is 6.82. The smallest absolute Gasteiger partial charge is 0.0492 e. The Balaban J connectivity index is 2.29. The van der Waals surface area contributed by atoms with E-state index >= 15 is 0 Å². The highest BCUT2D eigenvalue weighted by Gasteiger charge is 2.33. The van der Waals surface area contributed by atoms with Crippen LogP contribution in [-0.2, 0) is 12.6 Å². The van der Waals surface area contributed by atoms with Gasteiger partial charge in [-0.1, -0.05) is 25.0 Å². The summed E-state index contributed by atoms with van der Waals surface area (Å²) in [6, 6.07) is 6.47. The summed E-state index contributed by atoms with van der Waals surface area (Å²) in [5, 5.41) is 1.29. The zero-order valence-corrected chi connectivity index (χ0v) is 11.6. The summed E-state index contributed by atoms with van der Waals surface area (Å²) < 4.78 is 3.31.